The third-order valence-electron chi connectivity index (χ3n) is 3.46. The van der Waals surface area contributed by atoms with E-state index in [1.807, 2.05) is 11.8 Å². The van der Waals surface area contributed by atoms with Crippen LogP contribution in [-0.4, -0.2) is 4.98 Å². The molecule has 0 spiro atoms. The molecule has 3 aromatic carbocycles. The van der Waals surface area contributed by atoms with Crippen molar-refractivity contribution in [1.82, 2.24) is 4.98 Å². The van der Waals surface area contributed by atoms with E-state index in [4.69, 9.17) is 0 Å². The monoisotopic (exact) mass is 275 g/mol. The third kappa shape index (κ3) is 1.89. The van der Waals surface area contributed by atoms with E-state index in [-0.39, 0.29) is 0 Å². The van der Waals surface area contributed by atoms with E-state index < -0.39 is 0 Å². The fraction of sp³-hybridized carbons (Fsp3) is 0. The van der Waals surface area contributed by atoms with Gasteiger partial charge < -0.3 is 4.98 Å². The molecule has 4 rings (SSSR count). The highest BCUT2D eigenvalue weighted by Gasteiger charge is 2.08. The quantitative estimate of drug-likeness (QED) is 0.512. The Hall–Kier alpha value is -2.19. The highest BCUT2D eigenvalue weighted by molar-refractivity contribution is 7.99. The van der Waals surface area contributed by atoms with Gasteiger partial charge in [0.05, 0.1) is 0 Å². The van der Waals surface area contributed by atoms with Crippen LogP contribution < -0.4 is 0 Å². The first-order chi connectivity index (χ1) is 9.92. The van der Waals surface area contributed by atoms with Crippen LogP contribution in [0.15, 0.2) is 82.6 Å². The summed E-state index contributed by atoms with van der Waals surface area (Å²) in [6, 6.07) is 25.5. The summed E-state index contributed by atoms with van der Waals surface area (Å²) in [5, 5.41) is 2.61. The number of fused-ring (bicyclic) bond motifs is 3. The molecule has 0 aliphatic rings. The maximum atomic E-state index is 3.49. The number of hydrogen-bond acceptors (Lipinski definition) is 1. The lowest BCUT2D eigenvalue weighted by atomic mass is 10.1. The van der Waals surface area contributed by atoms with E-state index in [1.165, 1.54) is 31.6 Å². The van der Waals surface area contributed by atoms with Crippen molar-refractivity contribution in [3.63, 3.8) is 0 Å². The third-order valence-corrected chi connectivity index (χ3v) is 4.53. The molecule has 0 amide bonds. The van der Waals surface area contributed by atoms with Crippen molar-refractivity contribution in [1.29, 1.82) is 0 Å². The van der Waals surface area contributed by atoms with Crippen LogP contribution >= 0.6 is 11.8 Å². The topological polar surface area (TPSA) is 15.8 Å². The van der Waals surface area contributed by atoms with Crippen LogP contribution in [0.3, 0.4) is 0 Å². The molecule has 0 fully saturated rings. The minimum absolute atomic E-state index is 1.20. The predicted molar refractivity (Wildman–Crippen MR) is 86.4 cm³/mol. The summed E-state index contributed by atoms with van der Waals surface area (Å²) in [6.45, 7) is 0. The lowest BCUT2D eigenvalue weighted by Gasteiger charge is -2.03. The fourth-order valence-electron chi connectivity index (χ4n) is 2.57. The van der Waals surface area contributed by atoms with Crippen LogP contribution in [0, 0.1) is 0 Å². The second-order valence-electron chi connectivity index (χ2n) is 4.76. The van der Waals surface area contributed by atoms with Crippen molar-refractivity contribution in [3.05, 3.63) is 72.8 Å². The highest BCUT2D eigenvalue weighted by atomic mass is 32.2. The first-order valence-electron chi connectivity index (χ1n) is 6.64. The van der Waals surface area contributed by atoms with Crippen molar-refractivity contribution in [3.8, 4) is 0 Å². The molecule has 0 aliphatic carbocycles. The molecule has 96 valence electrons. The van der Waals surface area contributed by atoms with Crippen LogP contribution in [0.1, 0.15) is 0 Å². The van der Waals surface area contributed by atoms with Crippen molar-refractivity contribution in [2.24, 2.45) is 0 Å². The van der Waals surface area contributed by atoms with Gasteiger partial charge in [-0.25, -0.2) is 0 Å². The summed E-state index contributed by atoms with van der Waals surface area (Å²) in [5.41, 5.74) is 2.40. The number of rotatable bonds is 2. The van der Waals surface area contributed by atoms with Crippen LogP contribution in [-0.2, 0) is 0 Å². The molecule has 0 aliphatic heterocycles. The predicted octanol–water partition coefficient (Wildman–Crippen LogP) is 5.47. The van der Waals surface area contributed by atoms with E-state index in [9.17, 15) is 0 Å². The number of aromatic nitrogens is 1. The lowest BCUT2D eigenvalue weighted by Crippen LogP contribution is -1.75. The highest BCUT2D eigenvalue weighted by Crippen LogP contribution is 2.37. The SMILES string of the molecule is c1ccc(Sc2cccc3[nH]c4ccccc4c23)cc1. The van der Waals surface area contributed by atoms with Crippen molar-refractivity contribution in [2.45, 2.75) is 9.79 Å². The van der Waals surface area contributed by atoms with E-state index in [0.29, 0.717) is 0 Å². The molecule has 1 aromatic heterocycles. The molecule has 0 saturated carbocycles. The molecule has 0 radical (unpaired) electrons. The van der Waals surface area contributed by atoms with Crippen LogP contribution in [0.5, 0.6) is 0 Å². The molecule has 20 heavy (non-hydrogen) atoms. The number of aromatic amines is 1. The van der Waals surface area contributed by atoms with E-state index >= 15 is 0 Å². The molecule has 4 aromatic rings. The first-order valence-corrected chi connectivity index (χ1v) is 7.46. The Kier molecular flexibility index (Phi) is 2.75. The summed E-state index contributed by atoms with van der Waals surface area (Å²) in [7, 11) is 0. The van der Waals surface area contributed by atoms with Gasteiger partial charge in [0.25, 0.3) is 0 Å². The van der Waals surface area contributed by atoms with Gasteiger partial charge in [0, 0.05) is 31.6 Å². The van der Waals surface area contributed by atoms with Crippen LogP contribution in [0.4, 0.5) is 0 Å². The molecule has 1 nitrogen and oxygen atoms in total. The Labute approximate surface area is 121 Å². The zero-order valence-electron chi connectivity index (χ0n) is 10.8. The average molecular weight is 275 g/mol. The standard InChI is InChI=1S/C18H13NS/c1-2-7-13(8-3-1)20-17-12-6-11-16-18(17)14-9-4-5-10-15(14)19-16/h1-12,19H. The van der Waals surface area contributed by atoms with E-state index in [2.05, 4.69) is 77.8 Å². The normalized spacial score (nSPS) is 11.2. The number of nitrogens with one attached hydrogen (secondary N) is 1. The summed E-state index contributed by atoms with van der Waals surface area (Å²) in [6.07, 6.45) is 0. The molecule has 0 unspecified atom stereocenters. The Morgan fingerprint density at radius 1 is 0.650 bits per heavy atom. The van der Waals surface area contributed by atoms with Gasteiger partial charge in [-0.15, -0.1) is 0 Å². The second kappa shape index (κ2) is 4.73. The summed E-state index contributed by atoms with van der Waals surface area (Å²) in [5.74, 6) is 0. The molecule has 1 N–H and O–H groups in total. The molecule has 2 heteroatoms. The smallest absolute Gasteiger partial charge is 0.0476 e. The molecule has 0 bridgehead atoms. The Morgan fingerprint density at radius 2 is 1.40 bits per heavy atom. The molecule has 0 saturated heterocycles. The maximum absolute atomic E-state index is 3.49. The Morgan fingerprint density at radius 3 is 2.30 bits per heavy atom. The van der Waals surface area contributed by atoms with Crippen molar-refractivity contribution < 1.29 is 0 Å². The van der Waals surface area contributed by atoms with Gasteiger partial charge in [-0.1, -0.05) is 54.2 Å². The number of para-hydroxylation sites is 1. The Balaban J connectivity index is 1.95. The van der Waals surface area contributed by atoms with Gasteiger partial charge in [0.15, 0.2) is 0 Å². The van der Waals surface area contributed by atoms with E-state index in [0.717, 1.165) is 0 Å². The molecule has 0 atom stereocenters. The summed E-state index contributed by atoms with van der Waals surface area (Å²) in [4.78, 5) is 6.06. The van der Waals surface area contributed by atoms with Crippen LogP contribution in [0.25, 0.3) is 21.8 Å². The summed E-state index contributed by atoms with van der Waals surface area (Å²) < 4.78 is 0. The fourth-order valence-corrected chi connectivity index (χ4v) is 3.58. The second-order valence-corrected chi connectivity index (χ2v) is 5.88. The first kappa shape index (κ1) is 11.6. The van der Waals surface area contributed by atoms with Gasteiger partial charge >= 0.3 is 0 Å². The van der Waals surface area contributed by atoms with Gasteiger partial charge in [-0.3, -0.25) is 0 Å². The minimum Gasteiger partial charge on any atom is -0.354 e. The molecular formula is C18H13NS. The largest absolute Gasteiger partial charge is 0.354 e. The molecular weight excluding hydrogens is 262 g/mol. The minimum atomic E-state index is 1.20. The Bertz CT molecular complexity index is 878. The average Bonchev–Trinajstić information content (AvgIpc) is 2.88. The van der Waals surface area contributed by atoms with Gasteiger partial charge in [0.1, 0.15) is 0 Å². The van der Waals surface area contributed by atoms with Crippen LogP contribution in [0.2, 0.25) is 0 Å². The lowest BCUT2D eigenvalue weighted by molar-refractivity contribution is 1.44. The van der Waals surface area contributed by atoms with Gasteiger partial charge in [-0.2, -0.15) is 0 Å². The number of H-pyrrole nitrogens is 1. The van der Waals surface area contributed by atoms with Gasteiger partial charge in [0.2, 0.25) is 0 Å². The van der Waals surface area contributed by atoms with Crippen molar-refractivity contribution >= 4 is 33.6 Å². The summed E-state index contributed by atoms with van der Waals surface area (Å²) >= 11 is 1.82. The molecule has 1 heterocycles. The number of hydrogen-bond donors (Lipinski definition) is 1. The zero-order chi connectivity index (χ0) is 13.4. The zero-order valence-corrected chi connectivity index (χ0v) is 11.7. The van der Waals surface area contributed by atoms with Gasteiger partial charge in [-0.05, 0) is 30.3 Å². The van der Waals surface area contributed by atoms with Crippen molar-refractivity contribution in [2.75, 3.05) is 0 Å². The van der Waals surface area contributed by atoms with E-state index in [1.54, 1.807) is 0 Å². The maximum Gasteiger partial charge on any atom is 0.0476 e. The number of benzene rings is 3.